The van der Waals surface area contributed by atoms with Gasteiger partial charge in [-0.2, -0.15) is 0 Å². The molecule has 3 aromatic carbocycles. The monoisotopic (exact) mass is 779 g/mol. The lowest BCUT2D eigenvalue weighted by Gasteiger charge is -2.26. The minimum absolute atomic E-state index is 0.0383. The molecule has 2 heterocycles. The molecule has 302 valence electrons. The largest absolute Gasteiger partial charge is 0.444 e. The van der Waals surface area contributed by atoms with Crippen molar-refractivity contribution in [2.45, 2.75) is 111 Å². The van der Waals surface area contributed by atoms with Crippen molar-refractivity contribution in [2.24, 2.45) is 0 Å². The summed E-state index contributed by atoms with van der Waals surface area (Å²) in [5.41, 5.74) is 0.777. The third-order valence-electron chi connectivity index (χ3n) is 8.48. The lowest BCUT2D eigenvalue weighted by atomic mass is 10.0. The lowest BCUT2D eigenvalue weighted by Crippen LogP contribution is -2.56. The number of nitrogens with zero attached hydrogens (tertiary/aromatic N) is 2. The topological polar surface area (TPSA) is 159 Å². The Balaban J connectivity index is 1.51. The van der Waals surface area contributed by atoms with Crippen molar-refractivity contribution in [1.82, 2.24) is 25.1 Å². The number of benzene rings is 3. The van der Waals surface area contributed by atoms with Crippen molar-refractivity contribution in [3.05, 3.63) is 108 Å². The minimum atomic E-state index is -1.23. The van der Waals surface area contributed by atoms with E-state index in [1.165, 1.54) is 9.13 Å². The minimum Gasteiger partial charge on any atom is -0.444 e. The highest BCUT2D eigenvalue weighted by Gasteiger charge is 2.30. The van der Waals surface area contributed by atoms with Crippen LogP contribution >= 0.6 is 0 Å². The SMILES string of the molecule is CC(C)(C)OC(=O)N[C@H](Cc1cn(C(=O)OC(C)(C)C)c2ccccc12)C(=O)N[C@H](Cc1cn(C(=O)OC(C)(C)C)c2ccccc12)NC(=O)Cc1ccccc1. The Bertz CT molecular complexity index is 2250. The van der Waals surface area contributed by atoms with Crippen LogP contribution in [0.4, 0.5) is 14.4 Å². The fourth-order valence-electron chi connectivity index (χ4n) is 6.29. The predicted octanol–water partition coefficient (Wildman–Crippen LogP) is 7.64. The number of carbonyl (C=O) groups excluding carboxylic acids is 5. The van der Waals surface area contributed by atoms with Gasteiger partial charge in [0.25, 0.3) is 0 Å². The maximum absolute atomic E-state index is 14.5. The maximum Gasteiger partial charge on any atom is 0.419 e. The molecule has 0 spiro atoms. The highest BCUT2D eigenvalue weighted by molar-refractivity contribution is 5.94. The number of para-hydroxylation sites is 2. The van der Waals surface area contributed by atoms with Gasteiger partial charge in [0.1, 0.15) is 29.0 Å². The van der Waals surface area contributed by atoms with Crippen molar-refractivity contribution in [3.63, 3.8) is 0 Å². The second-order valence-corrected chi connectivity index (χ2v) is 16.9. The van der Waals surface area contributed by atoms with Gasteiger partial charge in [0.2, 0.25) is 11.8 Å². The maximum atomic E-state index is 14.5. The molecule has 13 nitrogen and oxygen atoms in total. The number of fused-ring (bicyclic) bond motifs is 2. The molecule has 5 aromatic rings. The molecule has 0 aliphatic carbocycles. The Morgan fingerprint density at radius 3 is 1.51 bits per heavy atom. The van der Waals surface area contributed by atoms with Crippen LogP contribution < -0.4 is 16.0 Å². The Morgan fingerprint density at radius 1 is 0.561 bits per heavy atom. The van der Waals surface area contributed by atoms with Crippen LogP contribution in [-0.2, 0) is 43.1 Å². The van der Waals surface area contributed by atoms with E-state index in [9.17, 15) is 24.0 Å². The fraction of sp³-hybridized carbons (Fsp3) is 0.386. The molecule has 13 heteroatoms. The third kappa shape index (κ3) is 11.7. The highest BCUT2D eigenvalue weighted by atomic mass is 16.6. The first-order valence-electron chi connectivity index (χ1n) is 18.9. The normalized spacial score (nSPS) is 13.1. The van der Waals surface area contributed by atoms with Gasteiger partial charge in [-0.1, -0.05) is 66.7 Å². The average molecular weight is 780 g/mol. The summed E-state index contributed by atoms with van der Waals surface area (Å²) in [4.78, 5) is 67.9. The van der Waals surface area contributed by atoms with E-state index < -0.39 is 53.2 Å². The van der Waals surface area contributed by atoms with Crippen molar-refractivity contribution in [2.75, 3.05) is 0 Å². The number of amides is 3. The van der Waals surface area contributed by atoms with E-state index in [1.54, 1.807) is 99.0 Å². The zero-order valence-corrected chi connectivity index (χ0v) is 34.1. The number of alkyl carbamates (subject to hydrolysis) is 1. The van der Waals surface area contributed by atoms with E-state index in [2.05, 4.69) is 16.0 Å². The number of aromatic nitrogens is 2. The first-order chi connectivity index (χ1) is 26.7. The Labute approximate surface area is 333 Å². The van der Waals surface area contributed by atoms with Crippen LogP contribution in [0.1, 0.15) is 79.0 Å². The molecule has 0 radical (unpaired) electrons. The molecule has 3 amide bonds. The molecule has 0 saturated carbocycles. The van der Waals surface area contributed by atoms with Gasteiger partial charge in [0, 0.05) is 36.0 Å². The van der Waals surface area contributed by atoms with E-state index >= 15 is 0 Å². The molecule has 2 aromatic heterocycles. The van der Waals surface area contributed by atoms with Crippen LogP contribution in [0.2, 0.25) is 0 Å². The first-order valence-corrected chi connectivity index (χ1v) is 18.9. The number of ether oxygens (including phenoxy) is 3. The molecule has 57 heavy (non-hydrogen) atoms. The zero-order valence-electron chi connectivity index (χ0n) is 34.1. The summed E-state index contributed by atoms with van der Waals surface area (Å²) >= 11 is 0. The summed E-state index contributed by atoms with van der Waals surface area (Å²) in [6.07, 6.45) is 0.286. The van der Waals surface area contributed by atoms with Crippen LogP contribution in [0.3, 0.4) is 0 Å². The van der Waals surface area contributed by atoms with Crippen LogP contribution in [-0.4, -0.2) is 68.2 Å². The smallest absolute Gasteiger partial charge is 0.419 e. The van der Waals surface area contributed by atoms with E-state index in [-0.39, 0.29) is 25.2 Å². The van der Waals surface area contributed by atoms with Gasteiger partial charge in [0.15, 0.2) is 0 Å². The van der Waals surface area contributed by atoms with Gasteiger partial charge in [-0.15, -0.1) is 0 Å². The number of hydrogen-bond acceptors (Lipinski definition) is 8. The summed E-state index contributed by atoms with van der Waals surface area (Å²) in [7, 11) is 0. The molecular formula is C44H53N5O8. The molecule has 5 rings (SSSR count). The van der Waals surface area contributed by atoms with Gasteiger partial charge in [-0.05, 0) is 91.1 Å². The van der Waals surface area contributed by atoms with Crippen molar-refractivity contribution in [1.29, 1.82) is 0 Å². The molecule has 0 aliphatic heterocycles. The van der Waals surface area contributed by atoms with E-state index in [4.69, 9.17) is 14.2 Å². The van der Waals surface area contributed by atoms with Crippen molar-refractivity contribution >= 4 is 51.9 Å². The molecular weight excluding hydrogens is 727 g/mol. The summed E-state index contributed by atoms with van der Waals surface area (Å²) < 4.78 is 19.7. The lowest BCUT2D eigenvalue weighted by molar-refractivity contribution is -0.125. The van der Waals surface area contributed by atoms with Crippen LogP contribution in [0.5, 0.6) is 0 Å². The number of hydrogen-bond donors (Lipinski definition) is 3. The number of nitrogens with one attached hydrogen (secondary N) is 3. The van der Waals surface area contributed by atoms with Gasteiger partial charge in [-0.3, -0.25) is 18.7 Å². The Kier molecular flexibility index (Phi) is 12.5. The van der Waals surface area contributed by atoms with Crippen LogP contribution in [0.25, 0.3) is 21.8 Å². The fourth-order valence-corrected chi connectivity index (χ4v) is 6.29. The molecule has 0 aliphatic rings. The van der Waals surface area contributed by atoms with Gasteiger partial charge in [0.05, 0.1) is 17.5 Å². The highest BCUT2D eigenvalue weighted by Crippen LogP contribution is 2.26. The molecule has 0 saturated heterocycles. The Morgan fingerprint density at radius 2 is 1.02 bits per heavy atom. The first kappa shape index (κ1) is 42.0. The van der Waals surface area contributed by atoms with Gasteiger partial charge in [-0.25, -0.2) is 14.4 Å². The van der Waals surface area contributed by atoms with E-state index in [1.807, 2.05) is 54.6 Å². The summed E-state index contributed by atoms with van der Waals surface area (Å²) in [6, 6.07) is 22.4. The summed E-state index contributed by atoms with van der Waals surface area (Å²) in [5.74, 6) is -0.990. The van der Waals surface area contributed by atoms with Crippen LogP contribution in [0, 0.1) is 0 Å². The third-order valence-corrected chi connectivity index (χ3v) is 8.48. The van der Waals surface area contributed by atoms with E-state index in [0.29, 0.717) is 27.5 Å². The van der Waals surface area contributed by atoms with Crippen LogP contribution in [0.15, 0.2) is 91.3 Å². The Hall–Kier alpha value is -6.11. The molecule has 3 N–H and O–H groups in total. The standard InChI is InChI=1S/C44H53N5O8/c1-42(2,3)55-39(52)45-33(24-29-26-48(40(53)56-43(4,5)6)34-21-15-13-19-31(29)34)38(51)47-36(46-37(50)23-28-17-11-10-12-18-28)25-30-27-49(41(54)57-44(7,8)9)35-22-16-14-20-32(30)35/h10-22,26-27,33,36H,23-25H2,1-9H3,(H,45,52)(H,46,50)(H,47,51)/t33-,36-/m1/s1. The number of carbonyl (C=O) groups is 5. The average Bonchev–Trinajstić information content (AvgIpc) is 3.65. The zero-order chi connectivity index (χ0) is 41.7. The summed E-state index contributed by atoms with van der Waals surface area (Å²) in [6.45, 7) is 15.8. The number of rotatable bonds is 10. The molecule has 0 fully saturated rings. The predicted molar refractivity (Wildman–Crippen MR) is 218 cm³/mol. The van der Waals surface area contributed by atoms with Gasteiger partial charge >= 0.3 is 18.3 Å². The summed E-state index contributed by atoms with van der Waals surface area (Å²) in [5, 5.41) is 10.0. The molecule has 2 atom stereocenters. The quantitative estimate of drug-likeness (QED) is 0.0964. The van der Waals surface area contributed by atoms with Gasteiger partial charge < -0.3 is 30.2 Å². The van der Waals surface area contributed by atoms with E-state index in [0.717, 1.165) is 10.9 Å². The van der Waals surface area contributed by atoms with Crippen molar-refractivity contribution in [3.8, 4) is 0 Å². The second-order valence-electron chi connectivity index (χ2n) is 16.9. The molecule has 0 unspecified atom stereocenters. The second kappa shape index (κ2) is 16.9. The molecule has 0 bridgehead atoms. The van der Waals surface area contributed by atoms with Crippen molar-refractivity contribution < 1.29 is 38.2 Å².